The Morgan fingerprint density at radius 2 is 1.89 bits per heavy atom. The molecule has 1 aliphatic rings. The summed E-state index contributed by atoms with van der Waals surface area (Å²) in [6.45, 7) is 2.02. The van der Waals surface area contributed by atoms with Gasteiger partial charge in [0.2, 0.25) is 0 Å². The first kappa shape index (κ1) is 19.9. The van der Waals surface area contributed by atoms with Crippen LogP contribution in [0.15, 0.2) is 46.0 Å². The van der Waals surface area contributed by atoms with Crippen LogP contribution in [0.25, 0.3) is 0 Å². The number of hydrogen-bond donors (Lipinski definition) is 2. The molecule has 0 spiro atoms. The summed E-state index contributed by atoms with van der Waals surface area (Å²) in [5.41, 5.74) is 0.640. The predicted octanol–water partition coefficient (Wildman–Crippen LogP) is 4.64. The lowest BCUT2D eigenvalue weighted by Crippen LogP contribution is -2.35. The molecule has 2 aromatic rings. The number of carbonyl (C=O) groups excluding carboxylic acids is 1. The highest BCUT2D eigenvalue weighted by Gasteiger charge is 2.21. The van der Waals surface area contributed by atoms with Gasteiger partial charge in [-0.3, -0.25) is 9.52 Å². The topological polar surface area (TPSA) is 75.3 Å². The predicted molar refractivity (Wildman–Crippen MR) is 110 cm³/mol. The maximum Gasteiger partial charge on any atom is 0.271 e. The van der Waals surface area contributed by atoms with E-state index in [0.29, 0.717) is 17.2 Å². The number of amides is 1. The number of anilines is 1. The molecule has 0 radical (unpaired) electrons. The van der Waals surface area contributed by atoms with Gasteiger partial charge < -0.3 is 5.32 Å². The minimum Gasteiger partial charge on any atom is -0.350 e. The summed E-state index contributed by atoms with van der Waals surface area (Å²) < 4.78 is 27.8. The first-order valence-electron chi connectivity index (χ1n) is 9.42. The van der Waals surface area contributed by atoms with Crippen LogP contribution < -0.4 is 10.0 Å². The first-order valence-corrected chi connectivity index (χ1v) is 11.8. The molecule has 2 N–H and O–H groups in total. The number of rotatable bonds is 7. The van der Waals surface area contributed by atoms with Crippen molar-refractivity contribution in [2.24, 2.45) is 5.92 Å². The van der Waals surface area contributed by atoms with Crippen LogP contribution in [0.5, 0.6) is 0 Å². The summed E-state index contributed by atoms with van der Waals surface area (Å²) in [5.74, 6) is 0.421. The van der Waals surface area contributed by atoms with Crippen molar-refractivity contribution in [2.45, 2.75) is 55.7 Å². The van der Waals surface area contributed by atoms with Crippen LogP contribution in [0.1, 0.15) is 55.8 Å². The van der Waals surface area contributed by atoms with Crippen LogP contribution in [0.3, 0.4) is 0 Å². The number of nitrogens with one attached hydrogen (secondary N) is 2. The number of para-hydroxylation sites is 1. The molecule has 3 rings (SSSR count). The lowest BCUT2D eigenvalue weighted by Gasteiger charge is -2.25. The number of thiophene rings is 1. The van der Waals surface area contributed by atoms with Crippen molar-refractivity contribution < 1.29 is 13.2 Å². The molecule has 0 saturated heterocycles. The monoisotopic (exact) mass is 406 g/mol. The molecule has 27 heavy (non-hydrogen) atoms. The Hall–Kier alpha value is -1.86. The van der Waals surface area contributed by atoms with Gasteiger partial charge in [-0.25, -0.2) is 8.42 Å². The second kappa shape index (κ2) is 8.89. The Labute approximate surface area is 165 Å². The minimum absolute atomic E-state index is 0.0579. The molecule has 0 aliphatic heterocycles. The third kappa shape index (κ3) is 5.32. The summed E-state index contributed by atoms with van der Waals surface area (Å²) in [5, 5.41) is 4.74. The summed E-state index contributed by atoms with van der Waals surface area (Å²) in [7, 11) is -3.69. The SMILES string of the molecule is C[C@@H](CC1CCCCC1)NC(=O)c1ccccc1NS(=O)(=O)c1cccs1. The first-order chi connectivity index (χ1) is 13.0. The zero-order valence-corrected chi connectivity index (χ0v) is 17.1. The van der Waals surface area contributed by atoms with Gasteiger partial charge in [0.05, 0.1) is 11.3 Å². The third-order valence-corrected chi connectivity index (χ3v) is 7.73. The Bertz CT molecular complexity index is 857. The van der Waals surface area contributed by atoms with Gasteiger partial charge in [-0.1, -0.05) is 50.3 Å². The van der Waals surface area contributed by atoms with E-state index in [1.54, 1.807) is 41.8 Å². The fourth-order valence-electron chi connectivity index (χ4n) is 3.66. The molecule has 0 unspecified atom stereocenters. The maximum absolute atomic E-state index is 12.7. The molecule has 1 aliphatic carbocycles. The van der Waals surface area contributed by atoms with E-state index in [-0.39, 0.29) is 16.2 Å². The van der Waals surface area contributed by atoms with E-state index in [9.17, 15) is 13.2 Å². The van der Waals surface area contributed by atoms with E-state index in [0.717, 1.165) is 17.8 Å². The van der Waals surface area contributed by atoms with Crippen molar-refractivity contribution in [3.8, 4) is 0 Å². The Morgan fingerprint density at radius 1 is 1.15 bits per heavy atom. The molecular formula is C20H26N2O3S2. The lowest BCUT2D eigenvalue weighted by atomic mass is 9.85. The average Bonchev–Trinajstić information content (AvgIpc) is 3.18. The summed E-state index contributed by atoms with van der Waals surface area (Å²) in [6, 6.07) is 10.0. The Morgan fingerprint density at radius 3 is 2.59 bits per heavy atom. The molecule has 0 bridgehead atoms. The zero-order chi connectivity index (χ0) is 19.3. The molecule has 1 amide bonds. The molecule has 5 nitrogen and oxygen atoms in total. The zero-order valence-electron chi connectivity index (χ0n) is 15.5. The van der Waals surface area contributed by atoms with Gasteiger partial charge in [-0.05, 0) is 42.8 Å². The molecule has 1 heterocycles. The molecule has 1 atom stereocenters. The fraction of sp³-hybridized carbons (Fsp3) is 0.450. The van der Waals surface area contributed by atoms with E-state index < -0.39 is 10.0 Å². The molecule has 1 aromatic heterocycles. The molecule has 1 aromatic carbocycles. The van der Waals surface area contributed by atoms with Gasteiger partial charge in [-0.15, -0.1) is 11.3 Å². The number of carbonyl (C=O) groups is 1. The number of hydrogen-bond acceptors (Lipinski definition) is 4. The second-order valence-corrected chi connectivity index (χ2v) is 10.1. The smallest absolute Gasteiger partial charge is 0.271 e. The van der Waals surface area contributed by atoms with E-state index in [1.165, 1.54) is 32.1 Å². The van der Waals surface area contributed by atoms with Crippen LogP contribution >= 0.6 is 11.3 Å². The molecule has 7 heteroatoms. The van der Waals surface area contributed by atoms with Crippen LogP contribution in [0.4, 0.5) is 5.69 Å². The van der Waals surface area contributed by atoms with Gasteiger partial charge >= 0.3 is 0 Å². The summed E-state index contributed by atoms with van der Waals surface area (Å²) in [4.78, 5) is 12.7. The van der Waals surface area contributed by atoms with Gasteiger partial charge in [0.25, 0.3) is 15.9 Å². The maximum atomic E-state index is 12.7. The van der Waals surface area contributed by atoms with Crippen molar-refractivity contribution >= 4 is 33.0 Å². The minimum atomic E-state index is -3.69. The molecule has 146 valence electrons. The highest BCUT2D eigenvalue weighted by atomic mass is 32.2. The highest BCUT2D eigenvalue weighted by molar-refractivity contribution is 7.94. The average molecular weight is 407 g/mol. The van der Waals surface area contributed by atoms with E-state index >= 15 is 0 Å². The van der Waals surface area contributed by atoms with Gasteiger partial charge in [0, 0.05) is 6.04 Å². The van der Waals surface area contributed by atoms with Crippen molar-refractivity contribution in [3.05, 3.63) is 47.3 Å². The largest absolute Gasteiger partial charge is 0.350 e. The molecular weight excluding hydrogens is 380 g/mol. The molecule has 1 saturated carbocycles. The van der Waals surface area contributed by atoms with Gasteiger partial charge in [-0.2, -0.15) is 0 Å². The Balaban J connectivity index is 1.68. The Kier molecular flexibility index (Phi) is 6.55. The van der Waals surface area contributed by atoms with E-state index in [1.807, 2.05) is 6.92 Å². The van der Waals surface area contributed by atoms with Crippen molar-refractivity contribution in [1.82, 2.24) is 5.32 Å². The van der Waals surface area contributed by atoms with Crippen molar-refractivity contribution in [2.75, 3.05) is 4.72 Å². The van der Waals surface area contributed by atoms with Crippen molar-refractivity contribution in [1.29, 1.82) is 0 Å². The van der Waals surface area contributed by atoms with Crippen LogP contribution in [0, 0.1) is 5.92 Å². The van der Waals surface area contributed by atoms with Gasteiger partial charge in [0.15, 0.2) is 0 Å². The standard InChI is InChI=1S/C20H26N2O3S2/c1-15(14-16-8-3-2-4-9-16)21-20(23)17-10-5-6-11-18(17)22-27(24,25)19-12-7-13-26-19/h5-7,10-13,15-16,22H,2-4,8-9,14H2,1H3,(H,21,23)/t15-/m0/s1. The van der Waals surface area contributed by atoms with Crippen molar-refractivity contribution in [3.63, 3.8) is 0 Å². The van der Waals surface area contributed by atoms with Crippen LogP contribution in [-0.2, 0) is 10.0 Å². The van der Waals surface area contributed by atoms with Crippen LogP contribution in [-0.4, -0.2) is 20.4 Å². The second-order valence-electron chi connectivity index (χ2n) is 7.20. The number of benzene rings is 1. The summed E-state index contributed by atoms with van der Waals surface area (Å²) in [6.07, 6.45) is 7.30. The highest BCUT2D eigenvalue weighted by Crippen LogP contribution is 2.28. The normalized spacial score (nSPS) is 16.6. The third-order valence-electron chi connectivity index (χ3n) is 4.97. The number of sulfonamides is 1. The molecule has 1 fully saturated rings. The van der Waals surface area contributed by atoms with E-state index in [2.05, 4.69) is 10.0 Å². The van der Waals surface area contributed by atoms with Crippen LogP contribution in [0.2, 0.25) is 0 Å². The van der Waals surface area contributed by atoms with Gasteiger partial charge in [0.1, 0.15) is 4.21 Å². The summed E-state index contributed by atoms with van der Waals surface area (Å²) >= 11 is 1.14. The quantitative estimate of drug-likeness (QED) is 0.703. The fourth-order valence-corrected chi connectivity index (χ4v) is 5.74. The lowest BCUT2D eigenvalue weighted by molar-refractivity contribution is 0.0934. The van der Waals surface area contributed by atoms with E-state index in [4.69, 9.17) is 0 Å².